The molecule has 5 nitrogen and oxygen atoms in total. The third-order valence-electron chi connectivity index (χ3n) is 3.95. The van der Waals surface area contributed by atoms with Gasteiger partial charge in [-0.3, -0.25) is 0 Å². The summed E-state index contributed by atoms with van der Waals surface area (Å²) in [4.78, 5) is 11.3. The van der Waals surface area contributed by atoms with Crippen LogP contribution in [0.3, 0.4) is 0 Å². The lowest BCUT2D eigenvalue weighted by molar-refractivity contribution is 0.415. The summed E-state index contributed by atoms with van der Waals surface area (Å²) in [6.45, 7) is 2.63. The predicted octanol–water partition coefficient (Wildman–Crippen LogP) is 6.02. The second-order valence-corrected chi connectivity index (χ2v) is 7.73. The van der Waals surface area contributed by atoms with Crippen LogP contribution in [0.2, 0.25) is 0 Å². The SMILES string of the molecule is COc1cccc(-c2sc3cnc(N=NCc4cccs4)nc3c2C)c1. The van der Waals surface area contributed by atoms with Crippen molar-refractivity contribution in [1.82, 2.24) is 9.97 Å². The molecule has 1 aromatic carbocycles. The van der Waals surface area contributed by atoms with Crippen LogP contribution in [0.1, 0.15) is 10.4 Å². The molecule has 0 bridgehead atoms. The van der Waals surface area contributed by atoms with Gasteiger partial charge in [0.1, 0.15) is 5.75 Å². The van der Waals surface area contributed by atoms with Gasteiger partial charge in [0, 0.05) is 9.75 Å². The van der Waals surface area contributed by atoms with Gasteiger partial charge in [0.2, 0.25) is 0 Å². The highest BCUT2D eigenvalue weighted by Gasteiger charge is 2.13. The number of nitrogens with zero attached hydrogens (tertiary/aromatic N) is 4. The molecule has 0 unspecified atom stereocenters. The second-order valence-electron chi connectivity index (χ2n) is 5.65. The number of rotatable bonds is 5. The van der Waals surface area contributed by atoms with Crippen molar-refractivity contribution in [3.8, 4) is 16.2 Å². The maximum Gasteiger partial charge on any atom is 0.269 e. The Morgan fingerprint density at radius 3 is 2.92 bits per heavy atom. The van der Waals surface area contributed by atoms with Crippen molar-refractivity contribution in [1.29, 1.82) is 0 Å². The molecule has 0 amide bonds. The zero-order valence-corrected chi connectivity index (χ0v) is 16.0. The molecule has 0 aliphatic carbocycles. The molecule has 0 N–H and O–H groups in total. The van der Waals surface area contributed by atoms with E-state index in [4.69, 9.17) is 4.74 Å². The van der Waals surface area contributed by atoms with Gasteiger partial charge in [0.25, 0.3) is 5.95 Å². The van der Waals surface area contributed by atoms with E-state index in [0.717, 1.165) is 27.1 Å². The number of thiophene rings is 2. The van der Waals surface area contributed by atoms with Crippen molar-refractivity contribution in [2.45, 2.75) is 13.5 Å². The predicted molar refractivity (Wildman–Crippen MR) is 107 cm³/mol. The Hall–Kier alpha value is -2.64. The summed E-state index contributed by atoms with van der Waals surface area (Å²) >= 11 is 3.34. The fourth-order valence-corrected chi connectivity index (χ4v) is 4.39. The van der Waals surface area contributed by atoms with Gasteiger partial charge >= 0.3 is 0 Å². The monoisotopic (exact) mass is 380 g/mol. The standard InChI is InChI=1S/C19H16N4OS2/c1-12-17-16(26-18(12)13-5-3-6-14(9-13)24-2)11-20-19(22-17)23-21-10-15-7-4-8-25-15/h3-9,11H,10H2,1-2H3. The number of azo groups is 1. The zero-order valence-electron chi connectivity index (χ0n) is 14.3. The van der Waals surface area contributed by atoms with E-state index in [0.29, 0.717) is 12.5 Å². The van der Waals surface area contributed by atoms with Crippen molar-refractivity contribution in [3.05, 3.63) is 58.4 Å². The number of aromatic nitrogens is 2. The van der Waals surface area contributed by atoms with E-state index in [1.165, 1.54) is 9.75 Å². The molecule has 0 aliphatic heterocycles. The maximum atomic E-state index is 5.33. The Kier molecular flexibility index (Phi) is 4.73. The maximum absolute atomic E-state index is 5.33. The molecule has 3 aromatic heterocycles. The van der Waals surface area contributed by atoms with E-state index in [-0.39, 0.29) is 0 Å². The Bertz CT molecular complexity index is 1070. The van der Waals surface area contributed by atoms with Crippen LogP contribution in [0, 0.1) is 6.92 Å². The van der Waals surface area contributed by atoms with Crippen molar-refractivity contribution >= 4 is 38.8 Å². The number of hydrogen-bond acceptors (Lipinski definition) is 7. The number of fused-ring (bicyclic) bond motifs is 1. The van der Waals surface area contributed by atoms with Gasteiger partial charge in [0.05, 0.1) is 30.1 Å². The second kappa shape index (κ2) is 7.31. The van der Waals surface area contributed by atoms with Gasteiger partial charge in [-0.15, -0.1) is 27.8 Å². The summed E-state index contributed by atoms with van der Waals surface area (Å²) < 4.78 is 6.37. The highest BCUT2D eigenvalue weighted by molar-refractivity contribution is 7.22. The first kappa shape index (κ1) is 16.8. The van der Waals surface area contributed by atoms with Crippen LogP contribution in [0.15, 0.2) is 58.2 Å². The van der Waals surface area contributed by atoms with E-state index >= 15 is 0 Å². The van der Waals surface area contributed by atoms with Crippen LogP contribution in [-0.2, 0) is 6.54 Å². The molecule has 0 fully saturated rings. The molecule has 3 heterocycles. The molecule has 0 radical (unpaired) electrons. The normalized spacial score (nSPS) is 11.5. The minimum atomic E-state index is 0.396. The quantitative estimate of drug-likeness (QED) is 0.398. The van der Waals surface area contributed by atoms with Crippen LogP contribution in [0.25, 0.3) is 20.7 Å². The number of aryl methyl sites for hydroxylation is 1. The topological polar surface area (TPSA) is 59.7 Å². The Balaban J connectivity index is 1.66. The third-order valence-corrected chi connectivity index (χ3v) is 6.07. The zero-order chi connectivity index (χ0) is 17.9. The van der Waals surface area contributed by atoms with Gasteiger partial charge in [-0.1, -0.05) is 18.2 Å². The first-order valence-corrected chi connectivity index (χ1v) is 9.74. The molecular formula is C19H16N4OS2. The lowest BCUT2D eigenvalue weighted by atomic mass is 10.1. The fourth-order valence-electron chi connectivity index (χ4n) is 2.66. The average Bonchev–Trinajstić information content (AvgIpc) is 3.30. The van der Waals surface area contributed by atoms with Crippen LogP contribution in [0.4, 0.5) is 5.95 Å². The van der Waals surface area contributed by atoms with Gasteiger partial charge < -0.3 is 4.74 Å². The first-order chi connectivity index (χ1) is 12.7. The minimum Gasteiger partial charge on any atom is -0.497 e. The van der Waals surface area contributed by atoms with Crippen LogP contribution in [-0.4, -0.2) is 17.1 Å². The van der Waals surface area contributed by atoms with Crippen LogP contribution >= 0.6 is 22.7 Å². The van der Waals surface area contributed by atoms with Crippen molar-refractivity contribution < 1.29 is 4.74 Å². The van der Waals surface area contributed by atoms with E-state index < -0.39 is 0 Å². The number of methoxy groups -OCH3 is 1. The van der Waals surface area contributed by atoms with Crippen LogP contribution in [0.5, 0.6) is 5.75 Å². The Morgan fingerprint density at radius 2 is 2.12 bits per heavy atom. The largest absolute Gasteiger partial charge is 0.497 e. The van der Waals surface area contributed by atoms with Crippen LogP contribution < -0.4 is 4.74 Å². The van der Waals surface area contributed by atoms with Crippen molar-refractivity contribution in [3.63, 3.8) is 0 Å². The van der Waals surface area contributed by atoms with E-state index in [2.05, 4.69) is 33.2 Å². The Morgan fingerprint density at radius 1 is 1.19 bits per heavy atom. The molecule has 0 saturated heterocycles. The highest BCUT2D eigenvalue weighted by atomic mass is 32.1. The van der Waals surface area contributed by atoms with Gasteiger partial charge in [0.15, 0.2) is 0 Å². The number of benzene rings is 1. The van der Waals surface area contributed by atoms with Gasteiger partial charge in [-0.05, 0) is 41.6 Å². The lowest BCUT2D eigenvalue weighted by Crippen LogP contribution is -1.84. The number of hydrogen-bond donors (Lipinski definition) is 0. The summed E-state index contributed by atoms with van der Waals surface area (Å²) in [6, 6.07) is 12.1. The fraction of sp³-hybridized carbons (Fsp3) is 0.158. The molecular weight excluding hydrogens is 364 g/mol. The molecule has 130 valence electrons. The van der Waals surface area contributed by atoms with Crippen molar-refractivity contribution in [2.75, 3.05) is 7.11 Å². The molecule has 0 aliphatic rings. The smallest absolute Gasteiger partial charge is 0.269 e. The average molecular weight is 380 g/mol. The highest BCUT2D eigenvalue weighted by Crippen LogP contribution is 2.38. The number of ether oxygens (including phenoxy) is 1. The third kappa shape index (κ3) is 3.36. The summed E-state index contributed by atoms with van der Waals surface area (Å²) in [6.07, 6.45) is 1.82. The van der Waals surface area contributed by atoms with E-state index in [9.17, 15) is 0 Å². The summed E-state index contributed by atoms with van der Waals surface area (Å²) in [7, 11) is 1.68. The molecule has 7 heteroatoms. The molecule has 0 saturated carbocycles. The summed E-state index contributed by atoms with van der Waals surface area (Å²) in [5, 5.41) is 10.4. The first-order valence-electron chi connectivity index (χ1n) is 8.05. The molecule has 26 heavy (non-hydrogen) atoms. The van der Waals surface area contributed by atoms with Gasteiger partial charge in [-0.2, -0.15) is 5.11 Å². The van der Waals surface area contributed by atoms with E-state index in [1.807, 2.05) is 41.9 Å². The van der Waals surface area contributed by atoms with Gasteiger partial charge in [-0.25, -0.2) is 9.97 Å². The minimum absolute atomic E-state index is 0.396. The molecule has 0 atom stereocenters. The molecule has 4 aromatic rings. The molecule has 4 rings (SSSR count). The molecule has 0 spiro atoms. The summed E-state index contributed by atoms with van der Waals surface area (Å²) in [5.74, 6) is 1.24. The summed E-state index contributed by atoms with van der Waals surface area (Å²) in [5.41, 5.74) is 3.16. The lowest BCUT2D eigenvalue weighted by Gasteiger charge is -2.03. The Labute approximate surface area is 159 Å². The van der Waals surface area contributed by atoms with E-state index in [1.54, 1.807) is 29.8 Å². The van der Waals surface area contributed by atoms with Crippen molar-refractivity contribution in [2.24, 2.45) is 10.2 Å².